The molecule has 0 aromatic rings. The fourth-order valence-corrected chi connectivity index (χ4v) is 2.87. The zero-order valence-electron chi connectivity index (χ0n) is 12.1. The number of ether oxygens (including phenoxy) is 1. The average Bonchev–Trinajstić information content (AvgIpc) is 2.36. The molecule has 4 nitrogen and oxygen atoms in total. The highest BCUT2D eigenvalue weighted by atomic mass is 19.3. The smallest absolute Gasteiger partial charge is 0.251 e. The van der Waals surface area contributed by atoms with Crippen LogP contribution in [-0.2, 0) is 4.74 Å². The van der Waals surface area contributed by atoms with Crippen molar-refractivity contribution < 1.29 is 23.7 Å². The quantitative estimate of drug-likeness (QED) is 0.766. The fraction of sp³-hybridized carbons (Fsp3) is 1.00. The summed E-state index contributed by atoms with van der Waals surface area (Å²) in [5, 5.41) is 19.2. The van der Waals surface area contributed by atoms with Crippen molar-refractivity contribution in [1.29, 1.82) is 0 Å². The lowest BCUT2D eigenvalue weighted by Crippen LogP contribution is -2.45. The van der Waals surface area contributed by atoms with Gasteiger partial charge < -0.3 is 14.9 Å². The van der Waals surface area contributed by atoms with Crippen LogP contribution >= 0.6 is 0 Å². The number of aliphatic hydroxyl groups excluding tert-OH is 2. The van der Waals surface area contributed by atoms with Gasteiger partial charge in [0.05, 0.1) is 30.5 Å². The molecular weight excluding hydrogens is 256 g/mol. The largest absolute Gasteiger partial charge is 0.395 e. The Morgan fingerprint density at radius 2 is 1.79 bits per heavy atom. The molecule has 1 heterocycles. The number of hydrogen-bond acceptors (Lipinski definition) is 4. The summed E-state index contributed by atoms with van der Waals surface area (Å²) in [6.07, 6.45) is -3.18. The molecule has 0 spiro atoms. The highest BCUT2D eigenvalue weighted by molar-refractivity contribution is 5.02. The monoisotopic (exact) mass is 281 g/mol. The first-order chi connectivity index (χ1) is 8.60. The van der Waals surface area contributed by atoms with Crippen molar-refractivity contribution in [2.24, 2.45) is 5.92 Å². The van der Waals surface area contributed by atoms with E-state index in [-0.39, 0.29) is 25.6 Å². The lowest BCUT2D eigenvalue weighted by Gasteiger charge is -2.32. The maximum atomic E-state index is 12.5. The van der Waals surface area contributed by atoms with E-state index < -0.39 is 30.3 Å². The average molecular weight is 281 g/mol. The minimum atomic E-state index is -2.46. The van der Waals surface area contributed by atoms with Crippen molar-refractivity contribution in [2.45, 2.75) is 51.4 Å². The van der Waals surface area contributed by atoms with Crippen LogP contribution in [0.25, 0.3) is 0 Å². The van der Waals surface area contributed by atoms with E-state index in [1.807, 2.05) is 13.8 Å². The fourth-order valence-electron chi connectivity index (χ4n) is 2.87. The Balaban J connectivity index is 2.77. The van der Waals surface area contributed by atoms with Gasteiger partial charge in [0.15, 0.2) is 0 Å². The van der Waals surface area contributed by atoms with E-state index in [9.17, 15) is 13.9 Å². The van der Waals surface area contributed by atoms with Crippen molar-refractivity contribution in [3.8, 4) is 0 Å². The molecule has 0 radical (unpaired) electrons. The second-order valence-electron chi connectivity index (χ2n) is 6.23. The van der Waals surface area contributed by atoms with Gasteiger partial charge in [-0.2, -0.15) is 0 Å². The number of rotatable bonds is 6. The van der Waals surface area contributed by atoms with Crippen molar-refractivity contribution in [2.75, 3.05) is 26.2 Å². The van der Waals surface area contributed by atoms with Crippen LogP contribution in [-0.4, -0.2) is 65.1 Å². The third kappa shape index (κ3) is 4.08. The molecule has 0 amide bonds. The first-order valence-electron chi connectivity index (χ1n) is 6.59. The van der Waals surface area contributed by atoms with Gasteiger partial charge in [-0.3, -0.25) is 4.90 Å². The SMILES string of the molecule is CC1(C)OC(C)(C)C(CN(CCO)CC(F)F)C1O. The number of nitrogens with zero attached hydrogens (tertiary/aromatic N) is 1. The Kier molecular flexibility index (Phi) is 5.28. The van der Waals surface area contributed by atoms with Crippen LogP contribution in [0, 0.1) is 5.92 Å². The van der Waals surface area contributed by atoms with E-state index in [0.29, 0.717) is 0 Å². The molecule has 114 valence electrons. The van der Waals surface area contributed by atoms with Crippen molar-refractivity contribution in [3.63, 3.8) is 0 Å². The van der Waals surface area contributed by atoms with Crippen LogP contribution in [0.1, 0.15) is 27.7 Å². The van der Waals surface area contributed by atoms with Gasteiger partial charge in [-0.1, -0.05) is 0 Å². The molecule has 0 saturated carbocycles. The third-order valence-electron chi connectivity index (χ3n) is 3.78. The van der Waals surface area contributed by atoms with Crippen LogP contribution in [0.5, 0.6) is 0 Å². The van der Waals surface area contributed by atoms with E-state index >= 15 is 0 Å². The van der Waals surface area contributed by atoms with Crippen molar-refractivity contribution >= 4 is 0 Å². The number of alkyl halides is 2. The van der Waals surface area contributed by atoms with Gasteiger partial charge in [-0.25, -0.2) is 8.78 Å². The minimum absolute atomic E-state index is 0.171. The van der Waals surface area contributed by atoms with Crippen LogP contribution in [0.2, 0.25) is 0 Å². The molecule has 19 heavy (non-hydrogen) atoms. The summed E-state index contributed by atoms with van der Waals surface area (Å²) >= 11 is 0. The highest BCUT2D eigenvalue weighted by Gasteiger charge is 2.53. The minimum Gasteiger partial charge on any atom is -0.395 e. The predicted octanol–water partition coefficient (Wildman–Crippen LogP) is 1.11. The topological polar surface area (TPSA) is 52.9 Å². The molecular formula is C13H25F2NO3. The summed E-state index contributed by atoms with van der Waals surface area (Å²) in [6, 6.07) is 0. The van der Waals surface area contributed by atoms with E-state index in [2.05, 4.69) is 0 Å². The molecule has 0 aromatic carbocycles. The Labute approximate surface area is 113 Å². The van der Waals surface area contributed by atoms with Crippen LogP contribution in [0.4, 0.5) is 8.78 Å². The molecule has 6 heteroatoms. The summed E-state index contributed by atoms with van der Waals surface area (Å²) in [6.45, 7) is 7.17. The molecule has 0 bridgehead atoms. The zero-order chi connectivity index (χ0) is 14.8. The molecule has 1 saturated heterocycles. The highest BCUT2D eigenvalue weighted by Crippen LogP contribution is 2.42. The first-order valence-corrected chi connectivity index (χ1v) is 6.59. The molecule has 1 aliphatic rings. The Bertz CT molecular complexity index is 298. The molecule has 1 fully saturated rings. The van der Waals surface area contributed by atoms with Gasteiger partial charge in [0.1, 0.15) is 0 Å². The van der Waals surface area contributed by atoms with Gasteiger partial charge in [0, 0.05) is 19.0 Å². The Hall–Kier alpha value is -0.300. The molecule has 0 aromatic heterocycles. The maximum absolute atomic E-state index is 12.5. The van der Waals surface area contributed by atoms with E-state index in [1.165, 1.54) is 4.90 Å². The van der Waals surface area contributed by atoms with E-state index in [4.69, 9.17) is 9.84 Å². The molecule has 2 atom stereocenters. The normalized spacial score (nSPS) is 29.4. The number of hydrogen-bond donors (Lipinski definition) is 2. The molecule has 1 aliphatic heterocycles. The standard InChI is InChI=1S/C13H25F2NO3/c1-12(2)9(11(18)13(3,4)19-12)7-16(5-6-17)8-10(14)15/h9-11,17-18H,5-8H2,1-4H3. The molecule has 1 rings (SSSR count). The molecule has 2 N–H and O–H groups in total. The summed E-state index contributed by atoms with van der Waals surface area (Å²) in [5.41, 5.74) is -1.28. The zero-order valence-corrected chi connectivity index (χ0v) is 12.1. The van der Waals surface area contributed by atoms with Gasteiger partial charge in [-0.15, -0.1) is 0 Å². The van der Waals surface area contributed by atoms with Crippen LogP contribution < -0.4 is 0 Å². The van der Waals surface area contributed by atoms with Crippen molar-refractivity contribution in [3.05, 3.63) is 0 Å². The van der Waals surface area contributed by atoms with Gasteiger partial charge in [0.25, 0.3) is 6.43 Å². The summed E-state index contributed by atoms with van der Waals surface area (Å²) < 4.78 is 30.8. The first kappa shape index (κ1) is 16.8. The number of halogens is 2. The molecule has 2 unspecified atom stereocenters. The summed E-state index contributed by atoms with van der Waals surface area (Å²) in [7, 11) is 0. The van der Waals surface area contributed by atoms with Crippen molar-refractivity contribution in [1.82, 2.24) is 4.90 Å². The lowest BCUT2D eigenvalue weighted by atomic mass is 9.84. The molecule has 0 aliphatic carbocycles. The van der Waals surface area contributed by atoms with Crippen LogP contribution in [0.15, 0.2) is 0 Å². The van der Waals surface area contributed by atoms with Crippen LogP contribution in [0.3, 0.4) is 0 Å². The second kappa shape index (κ2) is 5.99. The summed E-state index contributed by atoms with van der Waals surface area (Å²) in [5.74, 6) is -0.271. The van der Waals surface area contributed by atoms with Gasteiger partial charge >= 0.3 is 0 Å². The Morgan fingerprint density at radius 3 is 2.16 bits per heavy atom. The number of aliphatic hydroxyl groups is 2. The van der Waals surface area contributed by atoms with Gasteiger partial charge in [-0.05, 0) is 27.7 Å². The predicted molar refractivity (Wildman–Crippen MR) is 68.3 cm³/mol. The Morgan fingerprint density at radius 1 is 1.21 bits per heavy atom. The van der Waals surface area contributed by atoms with E-state index in [1.54, 1.807) is 13.8 Å². The lowest BCUT2D eigenvalue weighted by molar-refractivity contribution is -0.0916. The maximum Gasteiger partial charge on any atom is 0.251 e. The third-order valence-corrected chi connectivity index (χ3v) is 3.78. The van der Waals surface area contributed by atoms with E-state index in [0.717, 1.165) is 0 Å². The van der Waals surface area contributed by atoms with Gasteiger partial charge in [0.2, 0.25) is 0 Å². The second-order valence-corrected chi connectivity index (χ2v) is 6.23. The summed E-state index contributed by atoms with van der Waals surface area (Å²) in [4.78, 5) is 1.48.